The van der Waals surface area contributed by atoms with Gasteiger partial charge in [-0.15, -0.1) is 0 Å². The summed E-state index contributed by atoms with van der Waals surface area (Å²) in [6, 6.07) is 0. The van der Waals surface area contributed by atoms with Gasteiger partial charge < -0.3 is 15.4 Å². The van der Waals surface area contributed by atoms with Gasteiger partial charge in [-0.2, -0.15) is 0 Å². The number of aromatic nitrogens is 4. The number of aliphatic hydroxyl groups is 1. The molecule has 84 valence electrons. The number of nitrogens with two attached hydrogens (primary N) is 1. The predicted molar refractivity (Wildman–Crippen MR) is 60.6 cm³/mol. The molecule has 2 aromatic rings. The lowest BCUT2D eigenvalue weighted by Crippen LogP contribution is -1.98. The molecule has 0 amide bonds. The van der Waals surface area contributed by atoms with Crippen LogP contribution in [0.3, 0.4) is 0 Å². The van der Waals surface area contributed by atoms with Crippen molar-refractivity contribution in [1.29, 1.82) is 0 Å². The first kappa shape index (κ1) is 10.6. The van der Waals surface area contributed by atoms with Crippen molar-refractivity contribution in [2.24, 2.45) is 0 Å². The van der Waals surface area contributed by atoms with Gasteiger partial charge in [0.05, 0.1) is 12.9 Å². The fourth-order valence-electron chi connectivity index (χ4n) is 1.35. The van der Waals surface area contributed by atoms with Crippen molar-refractivity contribution in [3.8, 4) is 0 Å². The molecule has 0 saturated heterocycles. The number of nitrogens with zero attached hydrogens (tertiary/aromatic N) is 4. The number of fused-ring (bicyclic) bond motifs is 1. The van der Waals surface area contributed by atoms with Gasteiger partial charge in [0.25, 0.3) is 0 Å². The maximum absolute atomic E-state index is 8.88. The van der Waals surface area contributed by atoms with Crippen molar-refractivity contribution in [3.63, 3.8) is 0 Å². The van der Waals surface area contributed by atoms with Gasteiger partial charge in [0.15, 0.2) is 11.5 Å². The summed E-state index contributed by atoms with van der Waals surface area (Å²) in [7, 11) is 0. The minimum absolute atomic E-state index is 0.0593. The van der Waals surface area contributed by atoms with E-state index >= 15 is 0 Å². The van der Waals surface area contributed by atoms with Crippen molar-refractivity contribution < 1.29 is 5.11 Å². The van der Waals surface area contributed by atoms with Crippen LogP contribution in [0, 0.1) is 0 Å². The van der Waals surface area contributed by atoms with Crippen molar-refractivity contribution in [2.45, 2.75) is 13.5 Å². The van der Waals surface area contributed by atoms with Gasteiger partial charge in [-0.05, 0) is 6.92 Å². The monoisotopic (exact) mass is 219 g/mol. The fraction of sp³-hybridized carbons (Fsp3) is 0.300. The van der Waals surface area contributed by atoms with E-state index in [1.54, 1.807) is 6.33 Å². The van der Waals surface area contributed by atoms with Crippen molar-refractivity contribution in [3.05, 3.63) is 24.3 Å². The maximum atomic E-state index is 8.88. The number of hydrogen-bond donors (Lipinski definition) is 2. The molecule has 0 spiro atoms. The molecule has 6 heteroatoms. The van der Waals surface area contributed by atoms with Crippen molar-refractivity contribution >= 4 is 17.0 Å². The zero-order valence-electron chi connectivity index (χ0n) is 8.96. The van der Waals surface area contributed by atoms with E-state index in [2.05, 4.69) is 15.0 Å². The second kappa shape index (κ2) is 4.28. The van der Waals surface area contributed by atoms with Crippen LogP contribution < -0.4 is 5.73 Å². The fourth-order valence-corrected chi connectivity index (χ4v) is 1.35. The highest BCUT2D eigenvalue weighted by atomic mass is 16.3. The van der Waals surface area contributed by atoms with E-state index in [-0.39, 0.29) is 6.61 Å². The molecule has 0 aliphatic heterocycles. The van der Waals surface area contributed by atoms with E-state index in [1.807, 2.05) is 17.6 Å². The highest BCUT2D eigenvalue weighted by molar-refractivity contribution is 5.81. The second-order valence-corrected chi connectivity index (χ2v) is 3.54. The number of rotatable bonds is 3. The Morgan fingerprint density at radius 1 is 1.50 bits per heavy atom. The summed E-state index contributed by atoms with van der Waals surface area (Å²) < 4.78 is 1.85. The Bertz CT molecular complexity index is 531. The van der Waals surface area contributed by atoms with Gasteiger partial charge >= 0.3 is 0 Å². The normalized spacial score (nSPS) is 12.2. The molecule has 6 nitrogen and oxygen atoms in total. The third-order valence-electron chi connectivity index (χ3n) is 2.32. The lowest BCUT2D eigenvalue weighted by atomic mass is 10.3. The smallest absolute Gasteiger partial charge is 0.165 e. The first-order valence-electron chi connectivity index (χ1n) is 4.90. The Balaban J connectivity index is 2.36. The molecule has 0 radical (unpaired) electrons. The standard InChI is InChI=1S/C10H13N5O/c1-7(4-16)2-3-15-6-14-8-9(11)12-5-13-10(8)15/h2,5-6,16H,3-4H2,1H3,(H2,11,12,13)/b7-2+. The molecule has 0 aromatic carbocycles. The average molecular weight is 219 g/mol. The largest absolute Gasteiger partial charge is 0.392 e. The third kappa shape index (κ3) is 1.87. The molecule has 0 unspecified atom stereocenters. The van der Waals surface area contributed by atoms with Crippen LogP contribution >= 0.6 is 0 Å². The molecular formula is C10H13N5O. The topological polar surface area (TPSA) is 89.9 Å². The summed E-state index contributed by atoms with van der Waals surface area (Å²) in [6.07, 6.45) is 4.99. The Morgan fingerprint density at radius 2 is 2.31 bits per heavy atom. The highest BCUT2D eigenvalue weighted by Crippen LogP contribution is 2.14. The number of allylic oxidation sites excluding steroid dienone is 1. The van der Waals surface area contributed by atoms with Gasteiger partial charge in [-0.3, -0.25) is 0 Å². The first-order valence-corrected chi connectivity index (χ1v) is 4.90. The SMILES string of the molecule is C/C(=C\Cn1cnc2c(N)ncnc21)CO. The summed E-state index contributed by atoms with van der Waals surface area (Å²) >= 11 is 0. The maximum Gasteiger partial charge on any atom is 0.165 e. The number of hydrogen-bond acceptors (Lipinski definition) is 5. The summed E-state index contributed by atoms with van der Waals surface area (Å²) in [5.41, 5.74) is 7.89. The first-order chi connectivity index (χ1) is 7.72. The molecule has 0 fully saturated rings. The molecule has 2 rings (SSSR count). The lowest BCUT2D eigenvalue weighted by molar-refractivity contribution is 0.330. The number of aliphatic hydroxyl groups excluding tert-OH is 1. The van der Waals surface area contributed by atoms with Crippen molar-refractivity contribution in [2.75, 3.05) is 12.3 Å². The molecule has 0 bridgehead atoms. The summed E-state index contributed by atoms with van der Waals surface area (Å²) in [4.78, 5) is 12.1. The van der Waals surface area contributed by atoms with Crippen LogP contribution in [0.5, 0.6) is 0 Å². The van der Waals surface area contributed by atoms with Gasteiger partial charge in [0.2, 0.25) is 0 Å². The molecule has 0 saturated carbocycles. The Kier molecular flexibility index (Phi) is 2.82. The quantitative estimate of drug-likeness (QED) is 0.727. The molecule has 3 N–H and O–H groups in total. The van der Waals surface area contributed by atoms with Crippen LogP contribution in [0.15, 0.2) is 24.3 Å². The third-order valence-corrected chi connectivity index (χ3v) is 2.32. The predicted octanol–water partition coefficient (Wildman–Crippen LogP) is 0.347. The second-order valence-electron chi connectivity index (χ2n) is 3.54. The molecule has 2 heterocycles. The van der Waals surface area contributed by atoms with Gasteiger partial charge in [0, 0.05) is 6.54 Å². The van der Waals surface area contributed by atoms with Crippen LogP contribution in [0.25, 0.3) is 11.2 Å². The zero-order valence-corrected chi connectivity index (χ0v) is 8.96. The molecule has 0 atom stereocenters. The molecule has 0 aliphatic carbocycles. The van der Waals surface area contributed by atoms with E-state index in [1.165, 1.54) is 6.33 Å². The number of imidazole rings is 1. The minimum atomic E-state index is 0.0593. The van der Waals surface area contributed by atoms with Crippen LogP contribution in [-0.2, 0) is 6.54 Å². The Morgan fingerprint density at radius 3 is 3.06 bits per heavy atom. The lowest BCUT2D eigenvalue weighted by Gasteiger charge is -2.00. The van der Waals surface area contributed by atoms with Crippen LogP contribution in [-0.4, -0.2) is 31.2 Å². The summed E-state index contributed by atoms with van der Waals surface area (Å²) in [5, 5.41) is 8.88. The highest BCUT2D eigenvalue weighted by Gasteiger charge is 2.06. The molecule has 0 aliphatic rings. The van der Waals surface area contributed by atoms with Gasteiger partial charge in [-0.25, -0.2) is 15.0 Å². The Labute approximate surface area is 92.5 Å². The van der Waals surface area contributed by atoms with E-state index in [0.29, 0.717) is 23.5 Å². The van der Waals surface area contributed by atoms with Crippen LogP contribution in [0.1, 0.15) is 6.92 Å². The van der Waals surface area contributed by atoms with E-state index in [4.69, 9.17) is 10.8 Å². The van der Waals surface area contributed by atoms with Crippen LogP contribution in [0.2, 0.25) is 0 Å². The summed E-state index contributed by atoms with van der Waals surface area (Å²) in [5.74, 6) is 0.381. The van der Waals surface area contributed by atoms with Gasteiger partial charge in [-0.1, -0.05) is 11.6 Å². The number of anilines is 1. The number of nitrogen functional groups attached to an aromatic ring is 1. The van der Waals surface area contributed by atoms with E-state index in [9.17, 15) is 0 Å². The van der Waals surface area contributed by atoms with Crippen molar-refractivity contribution in [1.82, 2.24) is 19.5 Å². The zero-order chi connectivity index (χ0) is 11.5. The van der Waals surface area contributed by atoms with E-state index in [0.717, 1.165) is 5.57 Å². The van der Waals surface area contributed by atoms with Gasteiger partial charge in [0.1, 0.15) is 11.8 Å². The van der Waals surface area contributed by atoms with Crippen LogP contribution in [0.4, 0.5) is 5.82 Å². The Hall–Kier alpha value is -1.95. The average Bonchev–Trinajstić information content (AvgIpc) is 2.70. The summed E-state index contributed by atoms with van der Waals surface area (Å²) in [6.45, 7) is 2.53. The minimum Gasteiger partial charge on any atom is -0.392 e. The molecule has 16 heavy (non-hydrogen) atoms. The molecular weight excluding hydrogens is 206 g/mol. The molecule has 2 aromatic heterocycles. The van der Waals surface area contributed by atoms with E-state index < -0.39 is 0 Å².